The summed E-state index contributed by atoms with van der Waals surface area (Å²) in [4.78, 5) is 11.8. The highest BCUT2D eigenvalue weighted by molar-refractivity contribution is 5.86. The molecule has 0 saturated heterocycles. The molecule has 4 aromatic rings. The zero-order valence-electron chi connectivity index (χ0n) is 12.0. The Morgan fingerprint density at radius 2 is 1.73 bits per heavy atom. The molecule has 0 fully saturated rings. The fraction of sp³-hybridized carbons (Fsp3) is 0.0526. The minimum atomic E-state index is 0.122. The molecule has 22 heavy (non-hydrogen) atoms. The van der Waals surface area contributed by atoms with Gasteiger partial charge in [-0.05, 0) is 22.6 Å². The third-order valence-electron chi connectivity index (χ3n) is 3.99. The Hall–Kier alpha value is -2.94. The summed E-state index contributed by atoms with van der Waals surface area (Å²) in [6.07, 6.45) is 7.40. The second-order valence-electron chi connectivity index (χ2n) is 5.29. The van der Waals surface area contributed by atoms with E-state index < -0.39 is 0 Å². The number of rotatable bonds is 3. The van der Waals surface area contributed by atoms with E-state index >= 15 is 0 Å². The van der Waals surface area contributed by atoms with Crippen LogP contribution in [0.3, 0.4) is 0 Å². The van der Waals surface area contributed by atoms with E-state index in [0.29, 0.717) is 0 Å². The van der Waals surface area contributed by atoms with Gasteiger partial charge < -0.3 is 4.98 Å². The van der Waals surface area contributed by atoms with Gasteiger partial charge in [0.15, 0.2) is 0 Å². The van der Waals surface area contributed by atoms with Gasteiger partial charge in [-0.3, -0.25) is 4.98 Å². The van der Waals surface area contributed by atoms with Gasteiger partial charge in [-0.25, -0.2) is 4.98 Å². The lowest BCUT2D eigenvalue weighted by atomic mass is 9.86. The fourth-order valence-corrected chi connectivity index (χ4v) is 2.99. The Bertz CT molecular complexity index is 878. The van der Waals surface area contributed by atoms with Crippen molar-refractivity contribution in [2.24, 2.45) is 0 Å². The minimum absolute atomic E-state index is 0.122. The van der Waals surface area contributed by atoms with E-state index in [-0.39, 0.29) is 5.92 Å². The van der Waals surface area contributed by atoms with Crippen LogP contribution in [-0.4, -0.2) is 15.0 Å². The summed E-state index contributed by atoms with van der Waals surface area (Å²) in [5.41, 5.74) is 3.56. The molecule has 0 bridgehead atoms. The first kappa shape index (κ1) is 12.8. The second kappa shape index (κ2) is 5.45. The zero-order valence-corrected chi connectivity index (χ0v) is 12.0. The van der Waals surface area contributed by atoms with Crippen LogP contribution in [0.15, 0.2) is 79.5 Å². The maximum absolute atomic E-state index is 4.31. The molecule has 106 valence electrons. The number of hydrogen-bond donors (Lipinski definition) is 1. The Labute approximate surface area is 128 Å². The summed E-state index contributed by atoms with van der Waals surface area (Å²) in [6.45, 7) is 0. The molecule has 3 nitrogen and oxygen atoms in total. The van der Waals surface area contributed by atoms with Crippen molar-refractivity contribution in [3.8, 4) is 0 Å². The standard InChI is InChI=1S/C19H15N3/c1-2-5-15(6-3-1)19(18-12-21-13-22-18)16-8-4-7-14-9-10-20-11-17(14)16/h1-13,19H,(H,21,22). The topological polar surface area (TPSA) is 41.6 Å². The highest BCUT2D eigenvalue weighted by atomic mass is 14.9. The zero-order chi connectivity index (χ0) is 14.8. The normalized spacial score (nSPS) is 12.4. The van der Waals surface area contributed by atoms with E-state index in [2.05, 4.69) is 57.4 Å². The van der Waals surface area contributed by atoms with Crippen LogP contribution in [0.1, 0.15) is 22.7 Å². The van der Waals surface area contributed by atoms with E-state index in [9.17, 15) is 0 Å². The molecule has 1 N–H and O–H groups in total. The second-order valence-corrected chi connectivity index (χ2v) is 5.29. The minimum Gasteiger partial charge on any atom is -0.348 e. The van der Waals surface area contributed by atoms with E-state index in [4.69, 9.17) is 0 Å². The smallest absolute Gasteiger partial charge is 0.0922 e. The summed E-state index contributed by atoms with van der Waals surface area (Å²) in [5.74, 6) is 0.122. The Balaban J connectivity index is 1.98. The summed E-state index contributed by atoms with van der Waals surface area (Å²) in [7, 11) is 0. The molecule has 0 aliphatic heterocycles. The first-order valence-electron chi connectivity index (χ1n) is 7.29. The van der Waals surface area contributed by atoms with E-state index in [1.54, 1.807) is 6.33 Å². The number of hydrogen-bond acceptors (Lipinski definition) is 2. The van der Waals surface area contributed by atoms with Crippen molar-refractivity contribution in [2.75, 3.05) is 0 Å². The summed E-state index contributed by atoms with van der Waals surface area (Å²) in [5, 5.41) is 2.38. The Kier molecular flexibility index (Phi) is 3.16. The molecular weight excluding hydrogens is 270 g/mol. The highest BCUT2D eigenvalue weighted by Gasteiger charge is 2.19. The third kappa shape index (κ3) is 2.17. The molecule has 3 heteroatoms. The van der Waals surface area contributed by atoms with Crippen LogP contribution < -0.4 is 0 Å². The van der Waals surface area contributed by atoms with Crippen molar-refractivity contribution in [3.05, 3.63) is 96.3 Å². The average molecular weight is 285 g/mol. The van der Waals surface area contributed by atoms with Crippen molar-refractivity contribution < 1.29 is 0 Å². The van der Waals surface area contributed by atoms with Gasteiger partial charge in [-0.2, -0.15) is 0 Å². The van der Waals surface area contributed by atoms with Crippen molar-refractivity contribution in [1.82, 2.24) is 15.0 Å². The largest absolute Gasteiger partial charge is 0.348 e. The van der Waals surface area contributed by atoms with Gasteiger partial charge in [0, 0.05) is 29.7 Å². The maximum Gasteiger partial charge on any atom is 0.0922 e. The van der Waals surface area contributed by atoms with Crippen molar-refractivity contribution in [2.45, 2.75) is 5.92 Å². The number of nitrogens with zero attached hydrogens (tertiary/aromatic N) is 2. The van der Waals surface area contributed by atoms with Gasteiger partial charge >= 0.3 is 0 Å². The lowest BCUT2D eigenvalue weighted by Gasteiger charge is -2.18. The van der Waals surface area contributed by atoms with Crippen LogP contribution in [0.2, 0.25) is 0 Å². The number of aromatic amines is 1. The molecule has 2 aromatic heterocycles. The molecule has 4 rings (SSSR count). The average Bonchev–Trinajstić information content (AvgIpc) is 3.11. The van der Waals surface area contributed by atoms with Crippen molar-refractivity contribution in [3.63, 3.8) is 0 Å². The van der Waals surface area contributed by atoms with E-state index in [1.807, 2.05) is 30.7 Å². The predicted molar refractivity (Wildman–Crippen MR) is 87.7 cm³/mol. The molecule has 0 amide bonds. The summed E-state index contributed by atoms with van der Waals surface area (Å²) < 4.78 is 0. The molecule has 1 atom stereocenters. The van der Waals surface area contributed by atoms with Crippen LogP contribution in [0.25, 0.3) is 10.8 Å². The molecule has 0 aliphatic carbocycles. The van der Waals surface area contributed by atoms with Crippen molar-refractivity contribution in [1.29, 1.82) is 0 Å². The molecule has 2 heterocycles. The molecule has 0 aliphatic rings. The number of pyridine rings is 1. The molecule has 0 spiro atoms. The summed E-state index contributed by atoms with van der Waals surface area (Å²) >= 11 is 0. The lowest BCUT2D eigenvalue weighted by Crippen LogP contribution is -2.04. The third-order valence-corrected chi connectivity index (χ3v) is 3.99. The maximum atomic E-state index is 4.31. The van der Waals surface area contributed by atoms with Gasteiger partial charge in [0.05, 0.1) is 12.2 Å². The van der Waals surface area contributed by atoms with Crippen LogP contribution in [0.4, 0.5) is 0 Å². The molecule has 1 unspecified atom stereocenters. The quantitative estimate of drug-likeness (QED) is 0.614. The van der Waals surface area contributed by atoms with E-state index in [1.165, 1.54) is 21.9 Å². The van der Waals surface area contributed by atoms with Gasteiger partial charge in [-0.15, -0.1) is 0 Å². The van der Waals surface area contributed by atoms with Crippen molar-refractivity contribution >= 4 is 10.8 Å². The number of H-pyrrole nitrogens is 1. The fourth-order valence-electron chi connectivity index (χ4n) is 2.99. The molecule has 2 aromatic carbocycles. The Morgan fingerprint density at radius 3 is 2.55 bits per heavy atom. The van der Waals surface area contributed by atoms with Crippen LogP contribution >= 0.6 is 0 Å². The van der Waals surface area contributed by atoms with Crippen LogP contribution in [-0.2, 0) is 0 Å². The van der Waals surface area contributed by atoms with Gasteiger partial charge in [0.1, 0.15) is 0 Å². The van der Waals surface area contributed by atoms with Gasteiger partial charge in [-0.1, -0.05) is 48.5 Å². The predicted octanol–water partition coefficient (Wildman–Crippen LogP) is 4.14. The number of nitrogens with one attached hydrogen (secondary N) is 1. The summed E-state index contributed by atoms with van der Waals surface area (Å²) in [6, 6.07) is 18.9. The number of aromatic nitrogens is 3. The SMILES string of the molecule is c1ccc(C(c2cnc[nH]2)c2cccc3ccncc23)cc1. The Morgan fingerprint density at radius 1 is 0.818 bits per heavy atom. The highest BCUT2D eigenvalue weighted by Crippen LogP contribution is 2.34. The number of fused-ring (bicyclic) bond motifs is 1. The lowest BCUT2D eigenvalue weighted by molar-refractivity contribution is 0.942. The molecular formula is C19H15N3. The van der Waals surface area contributed by atoms with Crippen LogP contribution in [0, 0.1) is 0 Å². The first-order chi connectivity index (χ1) is 10.9. The molecule has 0 radical (unpaired) electrons. The molecule has 0 saturated carbocycles. The number of imidazole rings is 1. The van der Waals surface area contributed by atoms with Gasteiger partial charge in [0.25, 0.3) is 0 Å². The van der Waals surface area contributed by atoms with Gasteiger partial charge in [0.2, 0.25) is 0 Å². The first-order valence-corrected chi connectivity index (χ1v) is 7.29. The van der Waals surface area contributed by atoms with Crippen LogP contribution in [0.5, 0.6) is 0 Å². The van der Waals surface area contributed by atoms with E-state index in [0.717, 1.165) is 5.69 Å². The monoisotopic (exact) mass is 285 g/mol. The number of benzene rings is 2.